The Morgan fingerprint density at radius 1 is 1.32 bits per heavy atom. The van der Waals surface area contributed by atoms with Crippen molar-refractivity contribution in [2.24, 2.45) is 11.3 Å². The van der Waals surface area contributed by atoms with Crippen LogP contribution in [0.25, 0.3) is 10.9 Å². The van der Waals surface area contributed by atoms with E-state index < -0.39 is 0 Å². The van der Waals surface area contributed by atoms with Crippen LogP contribution in [0.5, 0.6) is 0 Å². The second-order valence-electron chi connectivity index (χ2n) is 11.2. The topological polar surface area (TPSA) is 123 Å². The zero-order valence-electron chi connectivity index (χ0n) is 22.1. The second-order valence-corrected chi connectivity index (χ2v) is 12.1. The van der Waals surface area contributed by atoms with E-state index in [0.717, 1.165) is 57.6 Å². The first-order valence-electron chi connectivity index (χ1n) is 13.1. The van der Waals surface area contributed by atoms with Gasteiger partial charge in [-0.25, -0.2) is 0 Å². The molecule has 2 heterocycles. The minimum absolute atomic E-state index is 0.0449. The Morgan fingerprint density at radius 2 is 2.13 bits per heavy atom. The number of nitrogens with two attached hydrogens (primary N) is 1. The van der Waals surface area contributed by atoms with Gasteiger partial charge in [-0.15, -0.1) is 0 Å². The third-order valence-electron chi connectivity index (χ3n) is 6.90. The predicted molar refractivity (Wildman–Crippen MR) is 159 cm³/mol. The standard InChI is InChI=1S/C29H35BrN8/c1-29(2,3)16-36-26-17(13-31)14-35-27-22(26)11-19(12-23(27)30)37-28(25(38-32)15-34-18-7-8-18)21-5-4-6-24-20(21)9-10-33-24/h4-6,11-12,14-15,18,28,33-34,37-38H,7-10,16,32H2,1-3H3,(H,35,36)/b25-15-/t28-/m0/s1. The summed E-state index contributed by atoms with van der Waals surface area (Å²) in [5.74, 6) is 6.10. The van der Waals surface area contributed by atoms with Gasteiger partial charge < -0.3 is 26.7 Å². The monoisotopic (exact) mass is 574 g/mol. The Hall–Kier alpha value is -3.48. The first-order valence-corrected chi connectivity index (χ1v) is 13.9. The molecular formula is C29H35BrN8. The Morgan fingerprint density at radius 3 is 2.84 bits per heavy atom. The molecule has 0 saturated heterocycles. The van der Waals surface area contributed by atoms with E-state index in [-0.39, 0.29) is 11.5 Å². The van der Waals surface area contributed by atoms with Gasteiger partial charge in [0.05, 0.1) is 28.5 Å². The number of hydrazine groups is 1. The van der Waals surface area contributed by atoms with Gasteiger partial charge in [0.25, 0.3) is 0 Å². The molecule has 9 heteroatoms. The van der Waals surface area contributed by atoms with Gasteiger partial charge >= 0.3 is 0 Å². The highest BCUT2D eigenvalue weighted by molar-refractivity contribution is 9.10. The van der Waals surface area contributed by atoms with Crippen molar-refractivity contribution < 1.29 is 0 Å². The average Bonchev–Trinajstić information content (AvgIpc) is 3.59. The Balaban J connectivity index is 1.59. The van der Waals surface area contributed by atoms with Crippen molar-refractivity contribution in [3.8, 4) is 6.07 Å². The summed E-state index contributed by atoms with van der Waals surface area (Å²) >= 11 is 3.74. The smallest absolute Gasteiger partial charge is 0.103 e. The lowest BCUT2D eigenvalue weighted by Gasteiger charge is -2.26. The molecule has 1 aliphatic carbocycles. The van der Waals surface area contributed by atoms with Crippen molar-refractivity contribution in [3.63, 3.8) is 0 Å². The molecule has 1 saturated carbocycles. The lowest BCUT2D eigenvalue weighted by Crippen LogP contribution is -2.31. The van der Waals surface area contributed by atoms with Crippen LogP contribution < -0.4 is 32.5 Å². The quantitative estimate of drug-likeness (QED) is 0.146. The molecule has 0 bridgehead atoms. The van der Waals surface area contributed by atoms with E-state index in [0.29, 0.717) is 11.6 Å². The van der Waals surface area contributed by atoms with Crippen molar-refractivity contribution in [1.29, 1.82) is 5.26 Å². The summed E-state index contributed by atoms with van der Waals surface area (Å²) in [7, 11) is 0. The van der Waals surface area contributed by atoms with Gasteiger partial charge in [-0.2, -0.15) is 5.26 Å². The van der Waals surface area contributed by atoms with Crippen molar-refractivity contribution in [2.45, 2.75) is 52.1 Å². The van der Waals surface area contributed by atoms with E-state index in [4.69, 9.17) is 5.84 Å². The van der Waals surface area contributed by atoms with Crippen molar-refractivity contribution in [2.75, 3.05) is 29.0 Å². The summed E-state index contributed by atoms with van der Waals surface area (Å²) in [6, 6.07) is 13.1. The molecule has 2 aliphatic rings. The number of anilines is 3. The van der Waals surface area contributed by atoms with Crippen molar-refractivity contribution in [3.05, 3.63) is 69.6 Å². The molecule has 1 aromatic heterocycles. The van der Waals surface area contributed by atoms with Crippen molar-refractivity contribution >= 4 is 43.9 Å². The molecule has 7 N–H and O–H groups in total. The molecule has 1 atom stereocenters. The number of benzene rings is 2. The molecule has 2 aromatic carbocycles. The molecule has 0 radical (unpaired) electrons. The number of nitriles is 1. The highest BCUT2D eigenvalue weighted by Gasteiger charge is 2.26. The maximum Gasteiger partial charge on any atom is 0.103 e. The van der Waals surface area contributed by atoms with E-state index in [1.54, 1.807) is 6.20 Å². The normalized spacial score (nSPS) is 15.8. The average molecular weight is 576 g/mol. The molecule has 3 aromatic rings. The first-order chi connectivity index (χ1) is 18.3. The van der Waals surface area contributed by atoms with Crippen LogP contribution in [0.15, 0.2) is 52.9 Å². The first kappa shape index (κ1) is 26.1. The number of hydrogen-bond donors (Lipinski definition) is 6. The zero-order chi connectivity index (χ0) is 26.9. The molecule has 0 spiro atoms. The lowest BCUT2D eigenvalue weighted by atomic mass is 9.95. The molecule has 1 aliphatic heterocycles. The van der Waals surface area contributed by atoms with Crippen LogP contribution in [0, 0.1) is 16.7 Å². The molecule has 0 unspecified atom stereocenters. The zero-order valence-corrected chi connectivity index (χ0v) is 23.7. The van der Waals surface area contributed by atoms with Gasteiger partial charge in [0.2, 0.25) is 0 Å². The Kier molecular flexibility index (Phi) is 7.37. The largest absolute Gasteiger partial charge is 0.387 e. The van der Waals surface area contributed by atoms with Gasteiger partial charge in [-0.1, -0.05) is 32.9 Å². The number of rotatable bonds is 9. The van der Waals surface area contributed by atoms with Gasteiger partial charge in [0.1, 0.15) is 6.07 Å². The lowest BCUT2D eigenvalue weighted by molar-refractivity contribution is 0.443. The van der Waals surface area contributed by atoms with E-state index >= 15 is 0 Å². The van der Waals surface area contributed by atoms with Crippen LogP contribution in [0.1, 0.15) is 56.3 Å². The summed E-state index contributed by atoms with van der Waals surface area (Å²) in [6.07, 6.45) is 6.94. The summed E-state index contributed by atoms with van der Waals surface area (Å²) in [6.45, 7) is 8.14. The van der Waals surface area contributed by atoms with Gasteiger partial charge in [-0.05, 0) is 69.9 Å². The molecule has 5 rings (SSSR count). The summed E-state index contributed by atoms with van der Waals surface area (Å²) in [5.41, 5.74) is 10.5. The van der Waals surface area contributed by atoms with Gasteiger partial charge in [-0.3, -0.25) is 10.8 Å². The Bertz CT molecular complexity index is 1410. The fraction of sp³-hybridized carbons (Fsp3) is 0.379. The molecule has 1 fully saturated rings. The summed E-state index contributed by atoms with van der Waals surface area (Å²) in [4.78, 5) is 4.59. The number of aromatic nitrogens is 1. The van der Waals surface area contributed by atoms with Gasteiger partial charge in [0.15, 0.2) is 0 Å². The molecule has 198 valence electrons. The minimum Gasteiger partial charge on any atom is -0.387 e. The van der Waals surface area contributed by atoms with Crippen LogP contribution in [-0.4, -0.2) is 24.1 Å². The maximum atomic E-state index is 9.84. The highest BCUT2D eigenvalue weighted by atomic mass is 79.9. The number of pyridine rings is 1. The van der Waals surface area contributed by atoms with E-state index in [1.165, 1.54) is 24.0 Å². The van der Waals surface area contributed by atoms with Crippen LogP contribution in [0.4, 0.5) is 17.1 Å². The minimum atomic E-state index is -0.219. The number of nitrogens with zero attached hydrogens (tertiary/aromatic N) is 2. The Labute approximate surface area is 232 Å². The summed E-state index contributed by atoms with van der Waals surface area (Å²) < 4.78 is 0.849. The summed E-state index contributed by atoms with van der Waals surface area (Å²) in [5, 5.41) is 25.0. The molecule has 0 amide bonds. The number of hydrogen-bond acceptors (Lipinski definition) is 8. The molecule has 38 heavy (non-hydrogen) atoms. The molecule has 8 nitrogen and oxygen atoms in total. The third-order valence-corrected chi connectivity index (χ3v) is 7.50. The second kappa shape index (κ2) is 10.7. The van der Waals surface area contributed by atoms with E-state index in [2.05, 4.69) is 98.7 Å². The van der Waals surface area contributed by atoms with Crippen molar-refractivity contribution in [1.82, 2.24) is 15.7 Å². The number of fused-ring (bicyclic) bond motifs is 2. The fourth-order valence-electron chi connectivity index (χ4n) is 4.77. The predicted octanol–water partition coefficient (Wildman–Crippen LogP) is 5.50. The fourth-order valence-corrected chi connectivity index (χ4v) is 5.33. The highest BCUT2D eigenvalue weighted by Crippen LogP contribution is 2.38. The number of halogens is 1. The van der Waals surface area contributed by atoms with Crippen LogP contribution in [-0.2, 0) is 6.42 Å². The third kappa shape index (κ3) is 5.66. The van der Waals surface area contributed by atoms with Gasteiger partial charge in [0, 0.05) is 52.8 Å². The van der Waals surface area contributed by atoms with Crippen LogP contribution >= 0.6 is 15.9 Å². The molecular weight excluding hydrogens is 540 g/mol. The SMILES string of the molecule is CC(C)(C)CNc1c(C#N)cnc2c(Br)cc(N[C@H](/C(=C/NC3CC3)NN)c3cccc4c3CCN4)cc12. The number of nitrogens with one attached hydrogen (secondary N) is 5. The van der Waals surface area contributed by atoms with E-state index in [9.17, 15) is 5.26 Å². The van der Waals surface area contributed by atoms with Crippen LogP contribution in [0.2, 0.25) is 0 Å². The van der Waals surface area contributed by atoms with Crippen LogP contribution in [0.3, 0.4) is 0 Å². The van der Waals surface area contributed by atoms with E-state index in [1.807, 2.05) is 12.3 Å². The maximum absolute atomic E-state index is 9.84.